The molecule has 1 aliphatic heterocycles. The second-order valence-electron chi connectivity index (χ2n) is 7.08. The predicted octanol–water partition coefficient (Wildman–Crippen LogP) is 4.28. The van der Waals surface area contributed by atoms with Crippen LogP contribution in [0.2, 0.25) is 0 Å². The summed E-state index contributed by atoms with van der Waals surface area (Å²) in [7, 11) is 0. The smallest absolute Gasteiger partial charge is 0.191 e. The molecule has 0 radical (unpaired) electrons. The molecular formula is C20H29FIN5S. The van der Waals surface area contributed by atoms with Crippen LogP contribution in [0.1, 0.15) is 38.1 Å². The summed E-state index contributed by atoms with van der Waals surface area (Å²) in [6, 6.07) is 5.25. The van der Waals surface area contributed by atoms with E-state index >= 15 is 0 Å². The number of aryl methyl sites for hydroxylation is 1. The average Bonchev–Trinajstić information content (AvgIpc) is 3.26. The molecular weight excluding hydrogens is 488 g/mol. The number of imidazole rings is 1. The molecule has 1 unspecified atom stereocenters. The largest absolute Gasteiger partial charge is 0.357 e. The second-order valence-corrected chi connectivity index (χ2v) is 8.76. The number of hydrogen-bond donors (Lipinski definition) is 2. The molecule has 3 rings (SSSR count). The van der Waals surface area contributed by atoms with Crippen LogP contribution in [0.25, 0.3) is 5.69 Å². The van der Waals surface area contributed by atoms with E-state index in [9.17, 15) is 4.39 Å². The first kappa shape index (κ1) is 23.0. The van der Waals surface area contributed by atoms with Crippen molar-refractivity contribution >= 4 is 41.7 Å². The average molecular weight is 517 g/mol. The molecule has 1 fully saturated rings. The quantitative estimate of drug-likeness (QED) is 0.341. The normalized spacial score (nSPS) is 19.4. The monoisotopic (exact) mass is 517 g/mol. The lowest BCUT2D eigenvalue weighted by Crippen LogP contribution is -2.43. The molecule has 8 heteroatoms. The molecule has 0 aliphatic carbocycles. The van der Waals surface area contributed by atoms with E-state index in [1.54, 1.807) is 29.1 Å². The maximum absolute atomic E-state index is 14.5. The molecule has 1 aromatic carbocycles. The summed E-state index contributed by atoms with van der Waals surface area (Å²) in [6.07, 6.45) is 5.94. The minimum absolute atomic E-state index is 0. The van der Waals surface area contributed by atoms with Gasteiger partial charge in [0.15, 0.2) is 5.96 Å². The fourth-order valence-electron chi connectivity index (χ4n) is 3.24. The van der Waals surface area contributed by atoms with Crippen LogP contribution in [-0.2, 0) is 6.54 Å². The van der Waals surface area contributed by atoms with Crippen LogP contribution in [0.5, 0.6) is 0 Å². The fourth-order valence-corrected chi connectivity index (χ4v) is 4.48. The Labute approximate surface area is 188 Å². The minimum atomic E-state index is -0.267. The van der Waals surface area contributed by atoms with Crippen molar-refractivity contribution in [1.82, 2.24) is 20.2 Å². The number of benzene rings is 1. The van der Waals surface area contributed by atoms with E-state index in [4.69, 9.17) is 0 Å². The van der Waals surface area contributed by atoms with E-state index < -0.39 is 0 Å². The Bertz CT molecular complexity index is 802. The van der Waals surface area contributed by atoms with Crippen molar-refractivity contribution in [3.63, 3.8) is 0 Å². The number of aliphatic imine (C=N–C) groups is 1. The topological polar surface area (TPSA) is 54.2 Å². The van der Waals surface area contributed by atoms with E-state index in [-0.39, 0.29) is 34.5 Å². The third-order valence-corrected chi connectivity index (χ3v) is 6.33. The third kappa shape index (κ3) is 5.85. The molecule has 0 spiro atoms. The lowest BCUT2D eigenvalue weighted by molar-refractivity contribution is 0.584. The highest BCUT2D eigenvalue weighted by Crippen LogP contribution is 2.36. The lowest BCUT2D eigenvalue weighted by atomic mass is 10.1. The zero-order chi connectivity index (χ0) is 19.3. The molecule has 154 valence electrons. The summed E-state index contributed by atoms with van der Waals surface area (Å²) in [6.45, 7) is 8.31. The molecule has 0 amide bonds. The summed E-state index contributed by atoms with van der Waals surface area (Å²) in [5.41, 5.74) is 1.35. The molecule has 1 aromatic heterocycles. The van der Waals surface area contributed by atoms with Crippen LogP contribution in [0.3, 0.4) is 0 Å². The van der Waals surface area contributed by atoms with E-state index in [1.807, 2.05) is 31.7 Å². The first-order chi connectivity index (χ1) is 13.0. The number of thioether (sulfide) groups is 1. The van der Waals surface area contributed by atoms with Crippen LogP contribution < -0.4 is 10.6 Å². The lowest BCUT2D eigenvalue weighted by Gasteiger charge is -2.24. The molecule has 2 N–H and O–H groups in total. The number of rotatable bonds is 6. The molecule has 2 aromatic rings. The Morgan fingerprint density at radius 3 is 2.82 bits per heavy atom. The summed E-state index contributed by atoms with van der Waals surface area (Å²) in [5, 5.41) is 6.71. The second kappa shape index (κ2) is 10.5. The van der Waals surface area contributed by atoms with Gasteiger partial charge >= 0.3 is 0 Å². The number of halogens is 2. The van der Waals surface area contributed by atoms with Gasteiger partial charge in [-0.2, -0.15) is 11.8 Å². The maximum atomic E-state index is 14.5. The molecule has 28 heavy (non-hydrogen) atoms. The van der Waals surface area contributed by atoms with Gasteiger partial charge in [-0.25, -0.2) is 14.4 Å². The highest BCUT2D eigenvalue weighted by molar-refractivity contribution is 14.0. The highest BCUT2D eigenvalue weighted by atomic mass is 127. The Balaban J connectivity index is 0.00000280. The van der Waals surface area contributed by atoms with Gasteiger partial charge in [0.2, 0.25) is 0 Å². The van der Waals surface area contributed by atoms with Gasteiger partial charge in [0, 0.05) is 30.2 Å². The molecule has 1 aliphatic rings. The molecule has 0 bridgehead atoms. The minimum Gasteiger partial charge on any atom is -0.357 e. The highest BCUT2D eigenvalue weighted by Gasteiger charge is 2.29. The van der Waals surface area contributed by atoms with Crippen LogP contribution in [0, 0.1) is 12.7 Å². The Kier molecular flexibility index (Phi) is 8.60. The van der Waals surface area contributed by atoms with Crippen LogP contribution in [0.15, 0.2) is 35.6 Å². The number of hydrogen-bond acceptors (Lipinski definition) is 3. The van der Waals surface area contributed by atoms with Crippen molar-refractivity contribution in [1.29, 1.82) is 0 Å². The van der Waals surface area contributed by atoms with E-state index in [1.165, 1.54) is 18.6 Å². The summed E-state index contributed by atoms with van der Waals surface area (Å²) >= 11 is 2.02. The van der Waals surface area contributed by atoms with Crippen molar-refractivity contribution in [3.8, 4) is 5.69 Å². The fraction of sp³-hybridized carbons (Fsp3) is 0.500. The van der Waals surface area contributed by atoms with Crippen LogP contribution in [0.4, 0.5) is 4.39 Å². The van der Waals surface area contributed by atoms with E-state index in [0.29, 0.717) is 12.2 Å². The molecule has 5 nitrogen and oxygen atoms in total. The van der Waals surface area contributed by atoms with E-state index in [0.717, 1.165) is 30.4 Å². The van der Waals surface area contributed by atoms with Gasteiger partial charge in [-0.05, 0) is 57.1 Å². The van der Waals surface area contributed by atoms with Gasteiger partial charge in [0.05, 0.1) is 12.2 Å². The number of nitrogens with one attached hydrogen (secondary N) is 2. The number of aromatic nitrogens is 2. The number of nitrogens with zero attached hydrogens (tertiary/aromatic N) is 3. The maximum Gasteiger partial charge on any atom is 0.191 e. The Hall–Kier alpha value is -1.29. The van der Waals surface area contributed by atoms with Gasteiger partial charge in [0.1, 0.15) is 11.6 Å². The van der Waals surface area contributed by atoms with Crippen LogP contribution >= 0.6 is 35.7 Å². The van der Waals surface area contributed by atoms with E-state index in [2.05, 4.69) is 27.5 Å². The zero-order valence-corrected chi connectivity index (χ0v) is 19.8. The van der Waals surface area contributed by atoms with Gasteiger partial charge in [0.25, 0.3) is 0 Å². The van der Waals surface area contributed by atoms with Gasteiger partial charge in [-0.3, -0.25) is 0 Å². The van der Waals surface area contributed by atoms with Gasteiger partial charge in [-0.15, -0.1) is 24.0 Å². The first-order valence-electron chi connectivity index (χ1n) is 9.46. The van der Waals surface area contributed by atoms with Crippen molar-refractivity contribution in [2.45, 2.75) is 44.9 Å². The zero-order valence-electron chi connectivity index (χ0n) is 16.7. The van der Waals surface area contributed by atoms with Gasteiger partial charge < -0.3 is 15.2 Å². The van der Waals surface area contributed by atoms with Crippen molar-refractivity contribution in [3.05, 3.63) is 47.8 Å². The predicted molar refractivity (Wildman–Crippen MR) is 127 cm³/mol. The Morgan fingerprint density at radius 1 is 1.39 bits per heavy atom. The van der Waals surface area contributed by atoms with Crippen molar-refractivity contribution in [2.24, 2.45) is 4.99 Å². The SMILES string of the molecule is CCNC(=NCc1ccc(-n2ccnc2C)c(F)c1)NCC1(C)CCCS1.I. The first-order valence-corrected chi connectivity index (χ1v) is 10.4. The molecule has 1 atom stereocenters. The summed E-state index contributed by atoms with van der Waals surface area (Å²) < 4.78 is 16.6. The summed E-state index contributed by atoms with van der Waals surface area (Å²) in [5.74, 6) is 2.50. The molecule has 0 saturated carbocycles. The number of guanidine groups is 1. The van der Waals surface area contributed by atoms with Crippen LogP contribution in [-0.4, -0.2) is 39.1 Å². The van der Waals surface area contributed by atoms with Gasteiger partial charge in [-0.1, -0.05) is 6.07 Å². The van der Waals surface area contributed by atoms with Crippen molar-refractivity contribution < 1.29 is 4.39 Å². The molecule has 2 heterocycles. The van der Waals surface area contributed by atoms with Crippen molar-refractivity contribution in [2.75, 3.05) is 18.8 Å². The Morgan fingerprint density at radius 2 is 2.21 bits per heavy atom. The summed E-state index contributed by atoms with van der Waals surface area (Å²) in [4.78, 5) is 8.78. The third-order valence-electron chi connectivity index (χ3n) is 4.79. The standard InChI is InChI=1S/C20H28FN5S.HI/c1-4-22-19(25-14-20(3)8-5-11-27-20)24-13-16-6-7-18(17(21)12-16)26-10-9-23-15(26)2;/h6-7,9-10,12H,4-5,8,11,13-14H2,1-3H3,(H2,22,24,25);1H. The molecule has 1 saturated heterocycles.